The van der Waals surface area contributed by atoms with Crippen LogP contribution in [0, 0.1) is 5.21 Å². The van der Waals surface area contributed by atoms with E-state index in [0.717, 1.165) is 16.7 Å². The van der Waals surface area contributed by atoms with Crippen molar-refractivity contribution in [3.8, 4) is 28.7 Å². The second-order valence-electron chi connectivity index (χ2n) is 7.28. The van der Waals surface area contributed by atoms with Gasteiger partial charge in [-0.3, -0.25) is 0 Å². The van der Waals surface area contributed by atoms with Crippen molar-refractivity contribution in [2.45, 2.75) is 25.4 Å². The van der Waals surface area contributed by atoms with E-state index in [1.165, 1.54) is 14.2 Å². The van der Waals surface area contributed by atoms with E-state index in [-0.39, 0.29) is 18.0 Å². The molecule has 7 nitrogen and oxygen atoms in total. The highest BCUT2D eigenvalue weighted by atomic mass is 16.6. The number of phenolic OH excluding ortho intramolecular Hbond substituents is 1. The van der Waals surface area contributed by atoms with E-state index in [0.29, 0.717) is 42.2 Å². The summed E-state index contributed by atoms with van der Waals surface area (Å²) < 4.78 is 21.2. The summed E-state index contributed by atoms with van der Waals surface area (Å²) in [5.41, 5.74) is 3.53. The molecule has 28 heavy (non-hydrogen) atoms. The van der Waals surface area contributed by atoms with Gasteiger partial charge in [0.25, 0.3) is 0 Å². The summed E-state index contributed by atoms with van der Waals surface area (Å²) in [5, 5.41) is 24.8. The molecule has 2 aliphatic rings. The minimum atomic E-state index is -0.438. The number of methoxy groups -OCH3 is 4. The Kier molecular flexibility index (Phi) is 4.51. The lowest BCUT2D eigenvalue weighted by Crippen LogP contribution is -2.52. The molecule has 2 unspecified atom stereocenters. The lowest BCUT2D eigenvalue weighted by molar-refractivity contribution is -0.928. The standard InChI is InChI=1S/C21H25NO6/c1-25-16-6-5-12-9-15-18-13(10-17(26-2)21(28-4)19(18)23)7-8-22(15,24)11-14(12)20(16)27-3/h5-6,10,15,23H,7-9,11H2,1-4H3. The van der Waals surface area contributed by atoms with E-state index >= 15 is 0 Å². The van der Waals surface area contributed by atoms with Crippen LogP contribution in [0.15, 0.2) is 18.2 Å². The zero-order valence-corrected chi connectivity index (χ0v) is 16.6. The minimum absolute atomic E-state index is 0.00354. The number of ether oxygens (including phenoxy) is 4. The van der Waals surface area contributed by atoms with Gasteiger partial charge in [-0.25, -0.2) is 0 Å². The first-order chi connectivity index (χ1) is 13.5. The molecular formula is C21H25NO6. The quantitative estimate of drug-likeness (QED) is 0.641. The second kappa shape index (κ2) is 6.76. The smallest absolute Gasteiger partial charge is 0.203 e. The Morgan fingerprint density at radius 3 is 2.32 bits per heavy atom. The maximum atomic E-state index is 13.9. The highest BCUT2D eigenvalue weighted by Gasteiger charge is 2.44. The zero-order valence-electron chi connectivity index (χ0n) is 16.6. The van der Waals surface area contributed by atoms with Gasteiger partial charge in [-0.2, -0.15) is 0 Å². The van der Waals surface area contributed by atoms with Crippen molar-refractivity contribution >= 4 is 0 Å². The average Bonchev–Trinajstić information content (AvgIpc) is 2.70. The van der Waals surface area contributed by atoms with Gasteiger partial charge in [0.05, 0.1) is 46.1 Å². The molecule has 0 amide bonds. The first-order valence-corrected chi connectivity index (χ1v) is 9.24. The summed E-state index contributed by atoms with van der Waals surface area (Å²) >= 11 is 0. The Labute approximate surface area is 164 Å². The summed E-state index contributed by atoms with van der Waals surface area (Å²) in [6.07, 6.45) is 1.07. The molecule has 0 aromatic heterocycles. The summed E-state index contributed by atoms with van der Waals surface area (Å²) in [6, 6.07) is 5.31. The fraction of sp³-hybridized carbons (Fsp3) is 0.429. The number of aromatic hydroxyl groups is 1. The molecule has 0 radical (unpaired) electrons. The van der Waals surface area contributed by atoms with Gasteiger partial charge in [-0.15, -0.1) is 0 Å². The van der Waals surface area contributed by atoms with Gasteiger partial charge >= 0.3 is 0 Å². The predicted octanol–water partition coefficient (Wildman–Crippen LogP) is 3.09. The fourth-order valence-electron chi connectivity index (χ4n) is 4.65. The number of rotatable bonds is 4. The van der Waals surface area contributed by atoms with Gasteiger partial charge in [0.15, 0.2) is 23.0 Å². The van der Waals surface area contributed by atoms with E-state index in [1.54, 1.807) is 14.2 Å². The number of benzene rings is 2. The Morgan fingerprint density at radius 2 is 1.68 bits per heavy atom. The Hall–Kier alpha value is -2.64. The van der Waals surface area contributed by atoms with Gasteiger partial charge in [-0.05, 0) is 23.3 Å². The van der Waals surface area contributed by atoms with Gasteiger partial charge in [-0.1, -0.05) is 6.07 Å². The molecule has 2 aromatic carbocycles. The molecule has 2 heterocycles. The van der Waals surface area contributed by atoms with E-state index in [1.807, 2.05) is 18.2 Å². The molecule has 0 aliphatic carbocycles. The largest absolute Gasteiger partial charge is 0.632 e. The van der Waals surface area contributed by atoms with Crippen LogP contribution in [0.25, 0.3) is 0 Å². The summed E-state index contributed by atoms with van der Waals surface area (Å²) in [7, 11) is 6.20. The molecule has 1 N–H and O–H groups in total. The predicted molar refractivity (Wildman–Crippen MR) is 103 cm³/mol. The van der Waals surface area contributed by atoms with Crippen LogP contribution in [0.1, 0.15) is 28.3 Å². The number of phenols is 1. The maximum Gasteiger partial charge on any atom is 0.203 e. The minimum Gasteiger partial charge on any atom is -0.632 e. The third-order valence-electron chi connectivity index (χ3n) is 6.01. The second-order valence-corrected chi connectivity index (χ2v) is 7.28. The lowest BCUT2D eigenvalue weighted by atomic mass is 9.82. The SMILES string of the molecule is COc1cc2c(c(O)c1OC)C1Cc3ccc(OC)c(OC)c3C[N+]1([O-])CC2. The molecule has 0 saturated carbocycles. The molecule has 150 valence electrons. The number of quaternary nitrogens is 1. The van der Waals surface area contributed by atoms with Crippen molar-refractivity contribution in [2.75, 3.05) is 35.0 Å². The van der Waals surface area contributed by atoms with E-state index in [9.17, 15) is 10.3 Å². The first-order valence-electron chi connectivity index (χ1n) is 9.24. The molecule has 0 fully saturated rings. The van der Waals surface area contributed by atoms with E-state index < -0.39 is 10.7 Å². The third kappa shape index (κ3) is 2.57. The van der Waals surface area contributed by atoms with Crippen LogP contribution >= 0.6 is 0 Å². The van der Waals surface area contributed by atoms with Gasteiger partial charge in [0.2, 0.25) is 5.75 Å². The molecule has 0 spiro atoms. The maximum absolute atomic E-state index is 13.9. The van der Waals surface area contributed by atoms with Gasteiger partial charge in [0, 0.05) is 12.8 Å². The Bertz CT molecular complexity index is 928. The highest BCUT2D eigenvalue weighted by molar-refractivity contribution is 5.60. The van der Waals surface area contributed by atoms with Crippen LogP contribution in [0.3, 0.4) is 0 Å². The van der Waals surface area contributed by atoms with Crippen molar-refractivity contribution in [3.63, 3.8) is 0 Å². The molecule has 0 saturated heterocycles. The summed E-state index contributed by atoms with van der Waals surface area (Å²) in [5.74, 6) is 2.00. The van der Waals surface area contributed by atoms with Gasteiger partial charge < -0.3 is 33.9 Å². The summed E-state index contributed by atoms with van der Waals surface area (Å²) in [4.78, 5) is 0. The summed E-state index contributed by atoms with van der Waals surface area (Å²) in [6.45, 7) is 0.694. The van der Waals surface area contributed by atoms with Crippen molar-refractivity contribution in [2.24, 2.45) is 0 Å². The van der Waals surface area contributed by atoms with Crippen molar-refractivity contribution < 1.29 is 28.7 Å². The molecule has 7 heteroatoms. The van der Waals surface area contributed by atoms with Crippen LogP contribution in [-0.2, 0) is 19.4 Å². The van der Waals surface area contributed by atoms with E-state index in [2.05, 4.69) is 0 Å². The fourth-order valence-corrected chi connectivity index (χ4v) is 4.65. The van der Waals surface area contributed by atoms with Crippen LogP contribution in [0.4, 0.5) is 0 Å². The van der Waals surface area contributed by atoms with E-state index in [4.69, 9.17) is 18.9 Å². The number of nitrogens with zero attached hydrogens (tertiary/aromatic N) is 1. The molecule has 0 bridgehead atoms. The molecule has 4 rings (SSSR count). The normalized spacial score (nSPS) is 22.5. The van der Waals surface area contributed by atoms with Crippen molar-refractivity contribution in [1.29, 1.82) is 0 Å². The number of hydrogen-bond acceptors (Lipinski definition) is 6. The highest BCUT2D eigenvalue weighted by Crippen LogP contribution is 2.53. The molecule has 2 atom stereocenters. The van der Waals surface area contributed by atoms with Crippen LogP contribution in [0.5, 0.6) is 28.7 Å². The average molecular weight is 387 g/mol. The van der Waals surface area contributed by atoms with Crippen molar-refractivity contribution in [3.05, 3.63) is 45.7 Å². The zero-order chi connectivity index (χ0) is 20.1. The first kappa shape index (κ1) is 18.7. The van der Waals surface area contributed by atoms with Crippen LogP contribution in [0.2, 0.25) is 0 Å². The number of hydrogen-bond donors (Lipinski definition) is 1. The Balaban J connectivity index is 1.87. The lowest BCUT2D eigenvalue weighted by Gasteiger charge is -2.54. The Morgan fingerprint density at radius 1 is 0.964 bits per heavy atom. The topological polar surface area (TPSA) is 80.2 Å². The van der Waals surface area contributed by atoms with Crippen LogP contribution < -0.4 is 18.9 Å². The molecule has 2 aliphatic heterocycles. The molecule has 2 aromatic rings. The van der Waals surface area contributed by atoms with Crippen LogP contribution in [-0.4, -0.2) is 44.7 Å². The third-order valence-corrected chi connectivity index (χ3v) is 6.01. The monoisotopic (exact) mass is 387 g/mol. The number of hydroxylamine groups is 3. The molecular weight excluding hydrogens is 362 g/mol. The van der Waals surface area contributed by atoms with Crippen molar-refractivity contribution in [1.82, 2.24) is 0 Å². The van der Waals surface area contributed by atoms with Gasteiger partial charge in [0.1, 0.15) is 12.6 Å². The number of fused-ring (bicyclic) bond motifs is 4.